The summed E-state index contributed by atoms with van der Waals surface area (Å²) in [5, 5.41) is 11.7. The largest absolute Gasteiger partial charge is 0.480 e. The number of fused-ring (bicyclic) bond motifs is 1. The first-order valence-corrected chi connectivity index (χ1v) is 7.97. The number of hydrogen-bond donors (Lipinski definition) is 2. The summed E-state index contributed by atoms with van der Waals surface area (Å²) in [6.07, 6.45) is 0.422. The smallest absolute Gasteiger partial charge is 0.328 e. The van der Waals surface area contributed by atoms with Crippen LogP contribution in [0.3, 0.4) is 0 Å². The van der Waals surface area contributed by atoms with Gasteiger partial charge in [0.05, 0.1) is 11.0 Å². The van der Waals surface area contributed by atoms with Gasteiger partial charge >= 0.3 is 11.7 Å². The first kappa shape index (κ1) is 17.8. The van der Waals surface area contributed by atoms with Gasteiger partial charge in [-0.25, -0.2) is 9.59 Å². The van der Waals surface area contributed by atoms with Gasteiger partial charge in [0, 0.05) is 20.0 Å². The molecule has 7 heteroatoms. The van der Waals surface area contributed by atoms with Crippen LogP contribution >= 0.6 is 0 Å². The van der Waals surface area contributed by atoms with E-state index >= 15 is 0 Å². The topological polar surface area (TPSA) is 93.3 Å². The molecule has 1 aromatic heterocycles. The molecule has 2 N–H and O–H groups in total. The van der Waals surface area contributed by atoms with Crippen molar-refractivity contribution in [2.75, 3.05) is 0 Å². The highest BCUT2D eigenvalue weighted by atomic mass is 16.4. The number of carbonyl (C=O) groups is 2. The van der Waals surface area contributed by atoms with Crippen LogP contribution in [-0.2, 0) is 23.2 Å². The highest BCUT2D eigenvalue weighted by Crippen LogP contribution is 2.12. The minimum atomic E-state index is -1.04. The molecule has 130 valence electrons. The number of para-hydroxylation sites is 2. The number of nitrogens with one attached hydrogen (secondary N) is 1. The van der Waals surface area contributed by atoms with Crippen molar-refractivity contribution >= 4 is 22.9 Å². The maximum absolute atomic E-state index is 12.3. The lowest BCUT2D eigenvalue weighted by atomic mass is 10.0. The van der Waals surface area contributed by atoms with E-state index in [1.165, 1.54) is 9.13 Å². The number of aryl methyl sites for hydroxylation is 2. The number of benzene rings is 1. The maximum Gasteiger partial charge on any atom is 0.328 e. The minimum absolute atomic E-state index is 0.0514. The first-order chi connectivity index (χ1) is 11.3. The van der Waals surface area contributed by atoms with E-state index in [1.807, 2.05) is 38.1 Å². The van der Waals surface area contributed by atoms with E-state index in [0.29, 0.717) is 6.42 Å². The molecule has 1 unspecified atom stereocenters. The predicted molar refractivity (Wildman–Crippen MR) is 90.8 cm³/mol. The number of imidazole rings is 1. The molecule has 0 aliphatic carbocycles. The van der Waals surface area contributed by atoms with Crippen LogP contribution in [0.5, 0.6) is 0 Å². The van der Waals surface area contributed by atoms with Gasteiger partial charge in [-0.3, -0.25) is 13.9 Å². The Morgan fingerprint density at radius 1 is 1.21 bits per heavy atom. The number of carboxylic acid groups (broad SMARTS) is 1. The van der Waals surface area contributed by atoms with E-state index in [9.17, 15) is 19.5 Å². The van der Waals surface area contributed by atoms with Crippen molar-refractivity contribution in [1.82, 2.24) is 14.5 Å². The summed E-state index contributed by atoms with van der Waals surface area (Å²) < 4.78 is 3.07. The summed E-state index contributed by atoms with van der Waals surface area (Å²) in [7, 11) is 1.68. The zero-order chi connectivity index (χ0) is 17.9. The molecule has 0 aliphatic heterocycles. The fourth-order valence-electron chi connectivity index (χ4n) is 2.75. The van der Waals surface area contributed by atoms with E-state index < -0.39 is 12.0 Å². The second-order valence-corrected chi connectivity index (χ2v) is 6.32. The van der Waals surface area contributed by atoms with E-state index in [4.69, 9.17) is 0 Å². The highest BCUT2D eigenvalue weighted by molar-refractivity contribution is 5.83. The number of nitrogens with zero attached hydrogens (tertiary/aromatic N) is 2. The number of amides is 1. The third kappa shape index (κ3) is 3.84. The molecular weight excluding hydrogens is 310 g/mol. The maximum atomic E-state index is 12.3. The number of aliphatic carboxylic acids is 1. The fourth-order valence-corrected chi connectivity index (χ4v) is 2.75. The molecule has 0 radical (unpaired) electrons. The molecule has 1 heterocycles. The van der Waals surface area contributed by atoms with Crippen molar-refractivity contribution in [2.45, 2.75) is 39.3 Å². The molecule has 0 bridgehead atoms. The van der Waals surface area contributed by atoms with Gasteiger partial charge in [0.25, 0.3) is 0 Å². The van der Waals surface area contributed by atoms with Gasteiger partial charge in [-0.2, -0.15) is 0 Å². The summed E-state index contributed by atoms with van der Waals surface area (Å²) in [6, 6.07) is 6.45. The summed E-state index contributed by atoms with van der Waals surface area (Å²) in [6.45, 7) is 4.01. The number of carboxylic acids is 1. The summed E-state index contributed by atoms with van der Waals surface area (Å²) in [4.78, 5) is 35.6. The van der Waals surface area contributed by atoms with Gasteiger partial charge in [-0.05, 0) is 24.5 Å². The van der Waals surface area contributed by atoms with Gasteiger partial charge in [0.15, 0.2) is 0 Å². The summed E-state index contributed by atoms with van der Waals surface area (Å²) in [5.41, 5.74) is 1.36. The number of rotatable bonds is 7. The Balaban J connectivity index is 2.08. The van der Waals surface area contributed by atoms with Gasteiger partial charge in [0.1, 0.15) is 6.04 Å². The molecule has 0 aliphatic rings. The van der Waals surface area contributed by atoms with Crippen LogP contribution in [0.2, 0.25) is 0 Å². The quantitative estimate of drug-likeness (QED) is 0.800. The van der Waals surface area contributed by atoms with Crippen LogP contribution in [0.1, 0.15) is 26.7 Å². The van der Waals surface area contributed by atoms with E-state index in [1.54, 1.807) is 7.05 Å². The Labute approximate surface area is 139 Å². The molecule has 2 aromatic rings. The lowest BCUT2D eigenvalue weighted by Gasteiger charge is -2.16. The molecule has 0 saturated carbocycles. The average Bonchev–Trinajstić information content (AvgIpc) is 2.76. The van der Waals surface area contributed by atoms with Crippen LogP contribution in [0.25, 0.3) is 11.0 Å². The highest BCUT2D eigenvalue weighted by Gasteiger charge is 2.21. The molecule has 0 saturated heterocycles. The van der Waals surface area contributed by atoms with Crippen LogP contribution < -0.4 is 11.0 Å². The molecule has 24 heavy (non-hydrogen) atoms. The van der Waals surface area contributed by atoms with Crippen molar-refractivity contribution in [3.05, 3.63) is 34.7 Å². The Kier molecular flexibility index (Phi) is 5.43. The first-order valence-electron chi connectivity index (χ1n) is 7.97. The van der Waals surface area contributed by atoms with E-state index in [2.05, 4.69) is 5.32 Å². The van der Waals surface area contributed by atoms with Crippen molar-refractivity contribution in [1.29, 1.82) is 0 Å². The molecular formula is C17H23N3O4. The van der Waals surface area contributed by atoms with E-state index in [0.717, 1.165) is 11.0 Å². The second-order valence-electron chi connectivity index (χ2n) is 6.32. The van der Waals surface area contributed by atoms with Gasteiger partial charge < -0.3 is 10.4 Å². The van der Waals surface area contributed by atoms with Crippen LogP contribution in [0, 0.1) is 5.92 Å². The normalized spacial score (nSPS) is 12.5. The van der Waals surface area contributed by atoms with Gasteiger partial charge in [-0.1, -0.05) is 26.0 Å². The Morgan fingerprint density at radius 3 is 2.42 bits per heavy atom. The standard InChI is InChI=1S/C17H23N3O4/c1-11(2)10-12(16(22)23)18-15(21)8-9-20-14-7-5-4-6-13(14)19(3)17(20)24/h4-7,11-12H,8-10H2,1-3H3,(H,18,21)(H,22,23). The molecule has 1 amide bonds. The average molecular weight is 333 g/mol. The molecule has 7 nitrogen and oxygen atoms in total. The predicted octanol–water partition coefficient (Wildman–Crippen LogP) is 1.35. The minimum Gasteiger partial charge on any atom is -0.480 e. The van der Waals surface area contributed by atoms with Crippen molar-refractivity contribution in [2.24, 2.45) is 13.0 Å². The van der Waals surface area contributed by atoms with Crippen molar-refractivity contribution in [3.63, 3.8) is 0 Å². The van der Waals surface area contributed by atoms with Gasteiger partial charge in [0.2, 0.25) is 5.91 Å². The second kappa shape index (κ2) is 7.33. The molecule has 0 spiro atoms. The molecule has 1 aromatic carbocycles. The Bertz CT molecular complexity index is 804. The van der Waals surface area contributed by atoms with Crippen molar-refractivity contribution in [3.8, 4) is 0 Å². The van der Waals surface area contributed by atoms with Crippen molar-refractivity contribution < 1.29 is 14.7 Å². The molecule has 0 fully saturated rings. The third-order valence-corrected chi connectivity index (χ3v) is 3.95. The molecule has 1 atom stereocenters. The van der Waals surface area contributed by atoms with E-state index in [-0.39, 0.29) is 30.5 Å². The Hall–Kier alpha value is -2.57. The zero-order valence-electron chi connectivity index (χ0n) is 14.2. The van der Waals surface area contributed by atoms with Crippen LogP contribution in [0.15, 0.2) is 29.1 Å². The fraction of sp³-hybridized carbons (Fsp3) is 0.471. The van der Waals surface area contributed by atoms with Crippen LogP contribution in [-0.4, -0.2) is 32.2 Å². The molecule has 2 rings (SSSR count). The third-order valence-electron chi connectivity index (χ3n) is 3.95. The lowest BCUT2D eigenvalue weighted by molar-refractivity contribution is -0.142. The van der Waals surface area contributed by atoms with Gasteiger partial charge in [-0.15, -0.1) is 0 Å². The summed E-state index contributed by atoms with van der Waals surface area (Å²) >= 11 is 0. The SMILES string of the molecule is CC(C)CC(NC(=O)CCn1c(=O)n(C)c2ccccc21)C(=O)O. The number of carbonyl (C=O) groups excluding carboxylic acids is 1. The number of hydrogen-bond acceptors (Lipinski definition) is 3. The monoisotopic (exact) mass is 333 g/mol. The zero-order valence-corrected chi connectivity index (χ0v) is 14.2. The summed E-state index contributed by atoms with van der Waals surface area (Å²) in [5.74, 6) is -1.26. The Morgan fingerprint density at radius 2 is 1.83 bits per heavy atom. The lowest BCUT2D eigenvalue weighted by Crippen LogP contribution is -2.42. The van der Waals surface area contributed by atoms with Crippen LogP contribution in [0.4, 0.5) is 0 Å². The number of aromatic nitrogens is 2.